The van der Waals surface area contributed by atoms with Crippen molar-refractivity contribution in [3.63, 3.8) is 0 Å². The zero-order chi connectivity index (χ0) is 13.9. The zero-order valence-electron chi connectivity index (χ0n) is 10.6. The van der Waals surface area contributed by atoms with Crippen LogP contribution in [0.5, 0.6) is 0 Å². The Hall–Kier alpha value is -1.55. The number of carboxylic acid groups (broad SMARTS) is 1. The summed E-state index contributed by atoms with van der Waals surface area (Å²) in [5, 5.41) is 12.2. The van der Waals surface area contributed by atoms with Crippen molar-refractivity contribution < 1.29 is 14.7 Å². The molecule has 1 aromatic rings. The lowest BCUT2D eigenvalue weighted by Gasteiger charge is -2.24. The predicted octanol–water partition coefficient (Wildman–Crippen LogP) is 2.63. The Morgan fingerprint density at radius 2 is 2.06 bits per heavy atom. The number of rotatable bonds is 4. The van der Waals surface area contributed by atoms with Gasteiger partial charge in [0, 0.05) is 10.6 Å². The molecule has 18 heavy (non-hydrogen) atoms. The van der Waals surface area contributed by atoms with Gasteiger partial charge in [0.1, 0.15) is 5.54 Å². The van der Waals surface area contributed by atoms with E-state index in [-0.39, 0.29) is 0 Å². The Morgan fingerprint density at radius 3 is 2.50 bits per heavy atom. The van der Waals surface area contributed by atoms with Gasteiger partial charge in [-0.1, -0.05) is 18.5 Å². The minimum absolute atomic E-state index is 0.306. The first-order valence-electron chi connectivity index (χ1n) is 5.62. The van der Waals surface area contributed by atoms with Gasteiger partial charge in [-0.2, -0.15) is 0 Å². The van der Waals surface area contributed by atoms with Crippen LogP contribution in [-0.4, -0.2) is 22.5 Å². The van der Waals surface area contributed by atoms with Crippen LogP contribution in [0, 0.1) is 6.92 Å². The van der Waals surface area contributed by atoms with Crippen molar-refractivity contribution >= 4 is 23.5 Å². The standard InChI is InChI=1S/C13H16ClNO3/c1-4-13(3,12(17)18)15-11(16)9-5-6-10(14)8(2)7-9/h5-7H,4H2,1-3H3,(H,15,16)(H,17,18). The number of benzene rings is 1. The SMILES string of the molecule is CCC(C)(NC(=O)c1ccc(Cl)c(C)c1)C(=O)O. The molecule has 1 amide bonds. The molecule has 1 unspecified atom stereocenters. The number of hydrogen-bond donors (Lipinski definition) is 2. The highest BCUT2D eigenvalue weighted by atomic mass is 35.5. The van der Waals surface area contributed by atoms with E-state index in [1.165, 1.54) is 6.92 Å². The molecule has 1 atom stereocenters. The molecule has 0 spiro atoms. The van der Waals surface area contributed by atoms with Gasteiger partial charge in [-0.3, -0.25) is 4.79 Å². The fourth-order valence-corrected chi connectivity index (χ4v) is 1.52. The monoisotopic (exact) mass is 269 g/mol. The smallest absolute Gasteiger partial charge is 0.329 e. The fraction of sp³-hybridized carbons (Fsp3) is 0.385. The lowest BCUT2D eigenvalue weighted by molar-refractivity contribution is -0.143. The van der Waals surface area contributed by atoms with E-state index in [2.05, 4.69) is 5.32 Å². The Morgan fingerprint density at radius 1 is 1.44 bits per heavy atom. The summed E-state index contributed by atoms with van der Waals surface area (Å²) in [7, 11) is 0. The van der Waals surface area contributed by atoms with Gasteiger partial charge < -0.3 is 10.4 Å². The molecule has 0 aliphatic rings. The number of aryl methyl sites for hydroxylation is 1. The zero-order valence-corrected chi connectivity index (χ0v) is 11.3. The van der Waals surface area contributed by atoms with Crippen molar-refractivity contribution in [2.45, 2.75) is 32.7 Å². The lowest BCUT2D eigenvalue weighted by Crippen LogP contribution is -2.51. The topological polar surface area (TPSA) is 66.4 Å². The molecule has 0 fully saturated rings. The summed E-state index contributed by atoms with van der Waals surface area (Å²) in [6.45, 7) is 4.98. The minimum atomic E-state index is -1.26. The van der Waals surface area contributed by atoms with Crippen LogP contribution in [0.1, 0.15) is 36.2 Å². The summed E-state index contributed by atoms with van der Waals surface area (Å²) >= 11 is 5.87. The Balaban J connectivity index is 2.95. The van der Waals surface area contributed by atoms with Crippen LogP contribution in [0.25, 0.3) is 0 Å². The van der Waals surface area contributed by atoms with Crippen molar-refractivity contribution in [2.75, 3.05) is 0 Å². The van der Waals surface area contributed by atoms with Crippen LogP contribution in [0.3, 0.4) is 0 Å². The molecule has 98 valence electrons. The largest absolute Gasteiger partial charge is 0.480 e. The minimum Gasteiger partial charge on any atom is -0.480 e. The van der Waals surface area contributed by atoms with Gasteiger partial charge in [-0.25, -0.2) is 4.79 Å². The first-order valence-corrected chi connectivity index (χ1v) is 6.00. The first kappa shape index (κ1) is 14.5. The maximum Gasteiger partial charge on any atom is 0.329 e. The third-order valence-electron chi connectivity index (χ3n) is 2.99. The summed E-state index contributed by atoms with van der Waals surface area (Å²) in [5.41, 5.74) is -0.0828. The van der Waals surface area contributed by atoms with Crippen LogP contribution >= 0.6 is 11.6 Å². The van der Waals surface area contributed by atoms with Crippen molar-refractivity contribution in [1.29, 1.82) is 0 Å². The van der Waals surface area contributed by atoms with Crippen molar-refractivity contribution in [3.8, 4) is 0 Å². The molecular weight excluding hydrogens is 254 g/mol. The maximum absolute atomic E-state index is 12.0. The molecule has 0 saturated heterocycles. The van der Waals surface area contributed by atoms with E-state index in [0.717, 1.165) is 5.56 Å². The highest BCUT2D eigenvalue weighted by Gasteiger charge is 2.33. The number of amides is 1. The van der Waals surface area contributed by atoms with Crippen molar-refractivity contribution in [1.82, 2.24) is 5.32 Å². The van der Waals surface area contributed by atoms with Gasteiger partial charge in [0.15, 0.2) is 0 Å². The molecule has 0 aliphatic heterocycles. The van der Waals surface area contributed by atoms with Crippen LogP contribution in [0.4, 0.5) is 0 Å². The van der Waals surface area contributed by atoms with Crippen LogP contribution in [0.15, 0.2) is 18.2 Å². The van der Waals surface area contributed by atoms with Crippen molar-refractivity contribution in [3.05, 3.63) is 34.3 Å². The van der Waals surface area contributed by atoms with E-state index in [9.17, 15) is 9.59 Å². The van der Waals surface area contributed by atoms with Gasteiger partial charge in [0.2, 0.25) is 0 Å². The highest BCUT2D eigenvalue weighted by molar-refractivity contribution is 6.31. The summed E-state index contributed by atoms with van der Waals surface area (Å²) in [5.74, 6) is -1.47. The maximum atomic E-state index is 12.0. The molecule has 0 bridgehead atoms. The third kappa shape index (κ3) is 3.01. The molecule has 1 aromatic carbocycles. The quantitative estimate of drug-likeness (QED) is 0.883. The number of halogens is 1. The molecule has 4 nitrogen and oxygen atoms in total. The van der Waals surface area contributed by atoms with E-state index in [0.29, 0.717) is 17.0 Å². The third-order valence-corrected chi connectivity index (χ3v) is 3.41. The number of hydrogen-bond acceptors (Lipinski definition) is 2. The van der Waals surface area contributed by atoms with Crippen LogP contribution in [-0.2, 0) is 4.79 Å². The van der Waals surface area contributed by atoms with E-state index in [1.807, 2.05) is 0 Å². The second kappa shape index (κ2) is 5.40. The molecule has 1 rings (SSSR count). The molecule has 2 N–H and O–H groups in total. The first-order chi connectivity index (χ1) is 8.30. The predicted molar refractivity (Wildman–Crippen MR) is 70.0 cm³/mol. The fourth-order valence-electron chi connectivity index (χ4n) is 1.40. The second-order valence-electron chi connectivity index (χ2n) is 4.41. The van der Waals surface area contributed by atoms with E-state index in [4.69, 9.17) is 16.7 Å². The summed E-state index contributed by atoms with van der Waals surface area (Å²) in [4.78, 5) is 23.1. The molecule has 0 aromatic heterocycles. The van der Waals surface area contributed by atoms with E-state index >= 15 is 0 Å². The number of carboxylic acids is 1. The van der Waals surface area contributed by atoms with E-state index < -0.39 is 17.4 Å². The number of carbonyl (C=O) groups is 2. The van der Waals surface area contributed by atoms with Gasteiger partial charge in [0.25, 0.3) is 5.91 Å². The Bertz CT molecular complexity index is 487. The van der Waals surface area contributed by atoms with Crippen LogP contribution < -0.4 is 5.32 Å². The Labute approximate surface area is 111 Å². The lowest BCUT2D eigenvalue weighted by atomic mass is 9.98. The number of nitrogens with one attached hydrogen (secondary N) is 1. The second-order valence-corrected chi connectivity index (χ2v) is 4.82. The van der Waals surface area contributed by atoms with Gasteiger partial charge >= 0.3 is 5.97 Å². The average Bonchev–Trinajstić information content (AvgIpc) is 2.32. The number of carbonyl (C=O) groups excluding carboxylic acids is 1. The molecule has 0 saturated carbocycles. The Kier molecular flexibility index (Phi) is 4.35. The van der Waals surface area contributed by atoms with Gasteiger partial charge in [-0.15, -0.1) is 0 Å². The summed E-state index contributed by atoms with van der Waals surface area (Å²) in [6, 6.07) is 4.83. The molecule has 0 radical (unpaired) electrons. The van der Waals surface area contributed by atoms with Crippen LogP contribution in [0.2, 0.25) is 5.02 Å². The highest BCUT2D eigenvalue weighted by Crippen LogP contribution is 2.17. The summed E-state index contributed by atoms with van der Waals surface area (Å²) in [6.07, 6.45) is 0.306. The van der Waals surface area contributed by atoms with Crippen molar-refractivity contribution in [2.24, 2.45) is 0 Å². The van der Waals surface area contributed by atoms with Gasteiger partial charge in [-0.05, 0) is 44.0 Å². The molecule has 0 heterocycles. The number of aliphatic carboxylic acids is 1. The van der Waals surface area contributed by atoms with Gasteiger partial charge in [0.05, 0.1) is 0 Å². The molecular formula is C13H16ClNO3. The molecule has 0 aliphatic carbocycles. The normalized spacial score (nSPS) is 13.8. The molecule has 5 heteroatoms. The van der Waals surface area contributed by atoms with E-state index in [1.54, 1.807) is 32.0 Å². The summed E-state index contributed by atoms with van der Waals surface area (Å²) < 4.78 is 0. The average molecular weight is 270 g/mol.